The number of aromatic nitrogens is 2. The smallest absolute Gasteiger partial charge is 0.331 e. The molecule has 1 amide bonds. The Morgan fingerprint density at radius 3 is 2.71 bits per heavy atom. The standard InChI is InChI=1S/C11H17N3O3/c1-4-5-9(15)12-8-6-7-14(13-8)11(2,3)10(16)17/h6-7H,4-5H2,1-3H3,(H,16,17)(H,12,13,15). The molecule has 0 saturated heterocycles. The van der Waals surface area contributed by atoms with Crippen LogP contribution in [0.5, 0.6) is 0 Å². The van der Waals surface area contributed by atoms with Gasteiger partial charge in [0.15, 0.2) is 11.4 Å². The average Bonchev–Trinajstić information content (AvgIpc) is 2.66. The molecule has 0 aliphatic rings. The Labute approximate surface area is 99.6 Å². The van der Waals surface area contributed by atoms with E-state index in [0.717, 1.165) is 6.42 Å². The van der Waals surface area contributed by atoms with Crippen LogP contribution in [0, 0.1) is 0 Å². The molecule has 0 radical (unpaired) electrons. The largest absolute Gasteiger partial charge is 0.479 e. The first-order valence-corrected chi connectivity index (χ1v) is 5.47. The number of aliphatic carboxylic acids is 1. The van der Waals surface area contributed by atoms with E-state index in [1.54, 1.807) is 19.9 Å². The summed E-state index contributed by atoms with van der Waals surface area (Å²) in [5.74, 6) is -0.726. The second-order valence-corrected chi connectivity index (χ2v) is 4.31. The highest BCUT2D eigenvalue weighted by Crippen LogP contribution is 2.16. The third-order valence-electron chi connectivity index (χ3n) is 2.43. The highest BCUT2D eigenvalue weighted by atomic mass is 16.4. The van der Waals surface area contributed by atoms with Crippen LogP contribution in [0.3, 0.4) is 0 Å². The van der Waals surface area contributed by atoms with Crippen molar-refractivity contribution in [1.82, 2.24) is 9.78 Å². The summed E-state index contributed by atoms with van der Waals surface area (Å²) in [5, 5.41) is 15.7. The number of amides is 1. The second kappa shape index (κ2) is 4.99. The van der Waals surface area contributed by atoms with Crippen molar-refractivity contribution >= 4 is 17.7 Å². The molecular weight excluding hydrogens is 222 g/mol. The topological polar surface area (TPSA) is 84.2 Å². The van der Waals surface area contributed by atoms with Gasteiger partial charge in [0.2, 0.25) is 5.91 Å². The number of anilines is 1. The van der Waals surface area contributed by atoms with Crippen LogP contribution >= 0.6 is 0 Å². The van der Waals surface area contributed by atoms with Crippen molar-refractivity contribution in [1.29, 1.82) is 0 Å². The van der Waals surface area contributed by atoms with Crippen LogP contribution in [0.2, 0.25) is 0 Å². The van der Waals surface area contributed by atoms with E-state index in [4.69, 9.17) is 5.11 Å². The van der Waals surface area contributed by atoms with E-state index in [9.17, 15) is 9.59 Å². The summed E-state index contributed by atoms with van der Waals surface area (Å²) in [5.41, 5.74) is -1.13. The van der Waals surface area contributed by atoms with Crippen molar-refractivity contribution in [2.45, 2.75) is 39.2 Å². The fourth-order valence-electron chi connectivity index (χ4n) is 1.23. The van der Waals surface area contributed by atoms with Gasteiger partial charge in [0.25, 0.3) is 0 Å². The Morgan fingerprint density at radius 2 is 2.18 bits per heavy atom. The van der Waals surface area contributed by atoms with Crippen LogP contribution < -0.4 is 5.32 Å². The molecule has 1 heterocycles. The Kier molecular flexibility index (Phi) is 3.88. The summed E-state index contributed by atoms with van der Waals surface area (Å²) in [6, 6.07) is 1.58. The summed E-state index contributed by atoms with van der Waals surface area (Å²) in [6.07, 6.45) is 2.72. The van der Waals surface area contributed by atoms with Crippen LogP contribution in [-0.4, -0.2) is 26.8 Å². The van der Waals surface area contributed by atoms with Crippen molar-refractivity contribution < 1.29 is 14.7 Å². The summed E-state index contributed by atoms with van der Waals surface area (Å²) < 4.78 is 1.32. The molecule has 0 atom stereocenters. The van der Waals surface area contributed by atoms with Gasteiger partial charge in [0.05, 0.1) is 0 Å². The molecule has 0 aliphatic carbocycles. The zero-order valence-electron chi connectivity index (χ0n) is 10.2. The van der Waals surface area contributed by atoms with E-state index in [-0.39, 0.29) is 5.91 Å². The maximum absolute atomic E-state index is 11.3. The number of rotatable bonds is 5. The molecule has 1 aromatic rings. The van der Waals surface area contributed by atoms with Crippen molar-refractivity contribution in [2.75, 3.05) is 5.32 Å². The molecule has 0 fully saturated rings. The fourth-order valence-corrected chi connectivity index (χ4v) is 1.23. The SMILES string of the molecule is CCCC(=O)Nc1ccn(C(C)(C)C(=O)O)n1. The minimum absolute atomic E-state index is 0.120. The van der Waals surface area contributed by atoms with Crippen molar-refractivity contribution in [3.05, 3.63) is 12.3 Å². The molecule has 1 rings (SSSR count). The van der Waals surface area contributed by atoms with Gasteiger partial charge < -0.3 is 10.4 Å². The Hall–Kier alpha value is -1.85. The van der Waals surface area contributed by atoms with Crippen LogP contribution in [0.1, 0.15) is 33.6 Å². The number of carbonyl (C=O) groups is 2. The Morgan fingerprint density at radius 1 is 1.53 bits per heavy atom. The van der Waals surface area contributed by atoms with E-state index >= 15 is 0 Å². The third-order valence-corrected chi connectivity index (χ3v) is 2.43. The normalized spacial score (nSPS) is 11.2. The number of carbonyl (C=O) groups excluding carboxylic acids is 1. The number of hydrogen-bond acceptors (Lipinski definition) is 3. The Bertz CT molecular complexity index is 423. The summed E-state index contributed by atoms with van der Waals surface area (Å²) in [6.45, 7) is 4.99. The maximum Gasteiger partial charge on any atom is 0.331 e. The average molecular weight is 239 g/mol. The third kappa shape index (κ3) is 3.05. The summed E-state index contributed by atoms with van der Waals surface area (Å²) in [4.78, 5) is 22.3. The molecule has 1 aromatic heterocycles. The first-order valence-electron chi connectivity index (χ1n) is 5.47. The summed E-state index contributed by atoms with van der Waals surface area (Å²) >= 11 is 0. The van der Waals surface area contributed by atoms with E-state index in [1.165, 1.54) is 10.9 Å². The number of nitrogens with zero attached hydrogens (tertiary/aromatic N) is 2. The lowest BCUT2D eigenvalue weighted by Crippen LogP contribution is -2.36. The lowest BCUT2D eigenvalue weighted by Gasteiger charge is -2.19. The minimum atomic E-state index is -1.13. The highest BCUT2D eigenvalue weighted by Gasteiger charge is 2.30. The van der Waals surface area contributed by atoms with Gasteiger partial charge >= 0.3 is 5.97 Å². The molecule has 0 saturated carbocycles. The number of nitrogens with one attached hydrogen (secondary N) is 1. The minimum Gasteiger partial charge on any atom is -0.479 e. The number of carboxylic acids is 1. The van der Waals surface area contributed by atoms with Gasteiger partial charge in [0.1, 0.15) is 0 Å². The lowest BCUT2D eigenvalue weighted by molar-refractivity contribution is -0.146. The fraction of sp³-hybridized carbons (Fsp3) is 0.545. The van der Waals surface area contributed by atoms with Crippen LogP contribution in [0.25, 0.3) is 0 Å². The van der Waals surface area contributed by atoms with Gasteiger partial charge in [-0.05, 0) is 20.3 Å². The predicted molar refractivity (Wildman–Crippen MR) is 62.7 cm³/mol. The lowest BCUT2D eigenvalue weighted by atomic mass is 10.1. The molecule has 17 heavy (non-hydrogen) atoms. The highest BCUT2D eigenvalue weighted by molar-refractivity contribution is 5.89. The van der Waals surface area contributed by atoms with Gasteiger partial charge in [-0.15, -0.1) is 0 Å². The van der Waals surface area contributed by atoms with Gasteiger partial charge in [-0.3, -0.25) is 9.48 Å². The predicted octanol–water partition coefficient (Wildman–Crippen LogP) is 1.44. The first-order chi connectivity index (χ1) is 7.87. The zero-order valence-corrected chi connectivity index (χ0v) is 10.2. The maximum atomic E-state index is 11.3. The molecule has 0 unspecified atom stereocenters. The molecule has 94 valence electrons. The van der Waals surface area contributed by atoms with Gasteiger partial charge in [-0.2, -0.15) is 5.10 Å². The second-order valence-electron chi connectivity index (χ2n) is 4.31. The molecule has 0 spiro atoms. The first kappa shape index (κ1) is 13.2. The van der Waals surface area contributed by atoms with Gasteiger partial charge in [-0.25, -0.2) is 4.79 Å². The number of hydrogen-bond donors (Lipinski definition) is 2. The monoisotopic (exact) mass is 239 g/mol. The quantitative estimate of drug-likeness (QED) is 0.814. The molecule has 0 bridgehead atoms. The van der Waals surface area contributed by atoms with Crippen molar-refractivity contribution in [3.63, 3.8) is 0 Å². The van der Waals surface area contributed by atoms with Crippen LogP contribution in [0.15, 0.2) is 12.3 Å². The van der Waals surface area contributed by atoms with E-state index in [0.29, 0.717) is 12.2 Å². The molecule has 0 aliphatic heterocycles. The molecular formula is C11H17N3O3. The van der Waals surface area contributed by atoms with E-state index in [2.05, 4.69) is 10.4 Å². The van der Waals surface area contributed by atoms with E-state index in [1.807, 2.05) is 6.92 Å². The van der Waals surface area contributed by atoms with Crippen molar-refractivity contribution in [3.8, 4) is 0 Å². The van der Waals surface area contributed by atoms with Gasteiger partial charge in [0, 0.05) is 18.7 Å². The molecule has 6 heteroatoms. The van der Waals surface area contributed by atoms with Gasteiger partial charge in [-0.1, -0.05) is 6.92 Å². The zero-order chi connectivity index (χ0) is 13.1. The van der Waals surface area contributed by atoms with E-state index < -0.39 is 11.5 Å². The van der Waals surface area contributed by atoms with Crippen LogP contribution in [-0.2, 0) is 15.1 Å². The van der Waals surface area contributed by atoms with Crippen LogP contribution in [0.4, 0.5) is 5.82 Å². The molecule has 6 nitrogen and oxygen atoms in total. The Balaban J connectivity index is 2.78. The molecule has 2 N–H and O–H groups in total. The number of carboxylic acid groups (broad SMARTS) is 1. The molecule has 0 aromatic carbocycles. The van der Waals surface area contributed by atoms with Crippen molar-refractivity contribution in [2.24, 2.45) is 0 Å². The summed E-state index contributed by atoms with van der Waals surface area (Å²) in [7, 11) is 0.